The van der Waals surface area contributed by atoms with Crippen molar-refractivity contribution in [2.75, 3.05) is 6.61 Å². The van der Waals surface area contributed by atoms with Crippen LogP contribution in [0.15, 0.2) is 68.9 Å². The Morgan fingerprint density at radius 2 is 1.79 bits per heavy atom. The van der Waals surface area contributed by atoms with Crippen LogP contribution in [0.5, 0.6) is 5.75 Å². The van der Waals surface area contributed by atoms with Gasteiger partial charge in [-0.15, -0.1) is 0 Å². The Kier molecular flexibility index (Phi) is 6.78. The average molecular weight is 380 g/mol. The lowest BCUT2D eigenvalue weighted by Gasteiger charge is -2.06. The molecule has 28 heavy (non-hydrogen) atoms. The van der Waals surface area contributed by atoms with Crippen molar-refractivity contribution in [3.63, 3.8) is 0 Å². The van der Waals surface area contributed by atoms with Crippen molar-refractivity contribution >= 4 is 22.3 Å². The number of benzene rings is 2. The van der Waals surface area contributed by atoms with E-state index in [1.807, 2.05) is 12.1 Å². The van der Waals surface area contributed by atoms with Crippen molar-refractivity contribution in [1.82, 2.24) is 0 Å². The Balaban J connectivity index is 1.61. The smallest absolute Gasteiger partial charge is 0.336 e. The first-order valence-corrected chi connectivity index (χ1v) is 9.61. The van der Waals surface area contributed by atoms with Gasteiger partial charge in [-0.3, -0.25) is 0 Å². The van der Waals surface area contributed by atoms with Crippen LogP contribution in [0.25, 0.3) is 11.0 Å². The van der Waals surface area contributed by atoms with E-state index in [2.05, 4.69) is 12.0 Å². The number of unbranched alkanes of at least 4 members (excludes halogenated alkanes) is 4. The molecule has 0 bridgehead atoms. The van der Waals surface area contributed by atoms with Crippen molar-refractivity contribution in [3.05, 3.63) is 70.2 Å². The van der Waals surface area contributed by atoms with Crippen molar-refractivity contribution < 1.29 is 14.0 Å². The Labute approximate surface area is 163 Å². The van der Waals surface area contributed by atoms with E-state index in [1.54, 1.807) is 36.4 Å². The van der Waals surface area contributed by atoms with Gasteiger partial charge in [-0.05, 0) is 42.8 Å². The summed E-state index contributed by atoms with van der Waals surface area (Å²) >= 11 is 0. The molecule has 0 saturated heterocycles. The van der Waals surface area contributed by atoms with E-state index >= 15 is 0 Å². The van der Waals surface area contributed by atoms with Gasteiger partial charge >= 0.3 is 5.63 Å². The van der Waals surface area contributed by atoms with E-state index in [-0.39, 0.29) is 0 Å². The van der Waals surface area contributed by atoms with Gasteiger partial charge < -0.3 is 14.4 Å². The first kappa shape index (κ1) is 19.6. The number of rotatable bonds is 9. The number of ether oxygens (including phenoxy) is 1. The van der Waals surface area contributed by atoms with Crippen LogP contribution < -0.4 is 10.4 Å². The molecule has 0 aliphatic carbocycles. The Morgan fingerprint density at radius 1 is 1.00 bits per heavy atom. The molecule has 0 amide bonds. The summed E-state index contributed by atoms with van der Waals surface area (Å²) in [5.74, 6) is 0.771. The van der Waals surface area contributed by atoms with Gasteiger partial charge in [0.1, 0.15) is 17.0 Å². The maximum atomic E-state index is 12.3. The quantitative estimate of drug-likeness (QED) is 0.148. The van der Waals surface area contributed by atoms with Crippen LogP contribution in [0.1, 0.15) is 39.0 Å². The second-order valence-electron chi connectivity index (χ2n) is 6.61. The summed E-state index contributed by atoms with van der Waals surface area (Å²) < 4.78 is 10.8. The van der Waals surface area contributed by atoms with Crippen LogP contribution in [0.3, 0.4) is 0 Å². The first-order chi connectivity index (χ1) is 13.7. The van der Waals surface area contributed by atoms with Gasteiger partial charge in [-0.25, -0.2) is 4.79 Å². The number of nitrogens with zero attached hydrogens (tertiary/aromatic N) is 2. The van der Waals surface area contributed by atoms with Crippen LogP contribution in [0.2, 0.25) is 0 Å². The lowest BCUT2D eigenvalue weighted by molar-refractivity contribution is -0.435. The van der Waals surface area contributed by atoms with Crippen molar-refractivity contribution in [2.45, 2.75) is 39.0 Å². The molecule has 0 N–H and O–H groups in total. The van der Waals surface area contributed by atoms with Crippen LogP contribution in [-0.4, -0.2) is 11.5 Å². The third kappa shape index (κ3) is 5.42. The van der Waals surface area contributed by atoms with Gasteiger partial charge in [0.2, 0.25) is 5.69 Å². The molecule has 0 fully saturated rings. The molecule has 0 atom stereocenters. The zero-order chi connectivity index (χ0) is 19.8. The normalized spacial score (nSPS) is 11.7. The third-order valence-corrected chi connectivity index (χ3v) is 4.38. The maximum absolute atomic E-state index is 12.3. The molecule has 0 aliphatic rings. The van der Waals surface area contributed by atoms with E-state index in [0.717, 1.165) is 12.2 Å². The summed E-state index contributed by atoms with van der Waals surface area (Å²) in [5.41, 5.74) is 0.895. The molecule has 6 nitrogen and oxygen atoms in total. The highest BCUT2D eigenvalue weighted by Gasteiger charge is 2.07. The van der Waals surface area contributed by atoms with E-state index < -0.39 is 5.63 Å². The molecule has 1 heterocycles. The van der Waals surface area contributed by atoms with E-state index in [4.69, 9.17) is 9.15 Å². The topological polar surface area (TPSA) is 77.9 Å². The molecule has 1 aromatic heterocycles. The molecule has 0 saturated carbocycles. The van der Waals surface area contributed by atoms with Crippen LogP contribution >= 0.6 is 0 Å². The van der Waals surface area contributed by atoms with E-state index in [1.165, 1.54) is 31.7 Å². The van der Waals surface area contributed by atoms with Gasteiger partial charge in [0.15, 0.2) is 0 Å². The predicted octanol–water partition coefficient (Wildman–Crippen LogP) is 6.07. The van der Waals surface area contributed by atoms with Gasteiger partial charge in [-0.1, -0.05) is 37.5 Å². The Morgan fingerprint density at radius 3 is 2.57 bits per heavy atom. The maximum Gasteiger partial charge on any atom is 0.336 e. The third-order valence-electron chi connectivity index (χ3n) is 4.38. The molecule has 2 aromatic carbocycles. The predicted molar refractivity (Wildman–Crippen MR) is 109 cm³/mol. The molecule has 0 radical (unpaired) electrons. The van der Waals surface area contributed by atoms with Crippen LogP contribution in [0.4, 0.5) is 11.4 Å². The lowest BCUT2D eigenvalue weighted by Crippen LogP contribution is -1.97. The van der Waals surface area contributed by atoms with Crippen molar-refractivity contribution in [2.24, 2.45) is 5.11 Å². The van der Waals surface area contributed by atoms with Crippen molar-refractivity contribution in [1.29, 1.82) is 0 Å². The fraction of sp³-hybridized carbons (Fsp3) is 0.318. The largest absolute Gasteiger partial charge is 0.594 e. The summed E-state index contributed by atoms with van der Waals surface area (Å²) in [6, 6.07) is 14.8. The Bertz CT molecular complexity index is 993. The number of azo groups is 1. The molecule has 0 unspecified atom stereocenters. The average Bonchev–Trinajstić information content (AvgIpc) is 2.71. The van der Waals surface area contributed by atoms with Gasteiger partial charge in [-0.2, -0.15) is 0 Å². The molecular formula is C22H24N2O4. The minimum Gasteiger partial charge on any atom is -0.594 e. The first-order valence-electron chi connectivity index (χ1n) is 9.61. The van der Waals surface area contributed by atoms with Gasteiger partial charge in [0, 0.05) is 28.7 Å². The highest BCUT2D eigenvalue weighted by Crippen LogP contribution is 2.23. The summed E-state index contributed by atoms with van der Waals surface area (Å²) in [6.07, 6.45) is 5.98. The zero-order valence-corrected chi connectivity index (χ0v) is 16.0. The van der Waals surface area contributed by atoms with Crippen LogP contribution in [0, 0.1) is 5.21 Å². The van der Waals surface area contributed by atoms with E-state index in [0.29, 0.717) is 33.8 Å². The molecule has 146 valence electrons. The van der Waals surface area contributed by atoms with E-state index in [9.17, 15) is 10.0 Å². The highest BCUT2D eigenvalue weighted by atomic mass is 16.5. The molecule has 6 heteroatoms. The van der Waals surface area contributed by atoms with Gasteiger partial charge in [0.05, 0.1) is 6.61 Å². The lowest BCUT2D eigenvalue weighted by atomic mass is 10.2. The van der Waals surface area contributed by atoms with Crippen molar-refractivity contribution in [3.8, 4) is 5.75 Å². The molecule has 0 aliphatic heterocycles. The SMILES string of the molecule is CCCCCCCOc1ccc(N=[N+]([O-])c2ccc3oc(=O)ccc3c2)cc1. The standard InChI is InChI=1S/C22H24N2O4/c1-2-3-4-5-6-15-27-20-11-8-18(9-12-20)23-24(26)19-10-13-21-17(16-19)7-14-22(25)28-21/h7-14,16H,2-6,15H2,1H3. The van der Waals surface area contributed by atoms with Gasteiger partial charge in [0.25, 0.3) is 0 Å². The summed E-state index contributed by atoms with van der Waals surface area (Å²) in [4.78, 5) is 11.8. The number of hydrogen-bond acceptors (Lipinski definition) is 5. The molecule has 3 aromatic rings. The second-order valence-corrected chi connectivity index (χ2v) is 6.61. The number of hydrogen-bond donors (Lipinski definition) is 0. The molecule has 0 spiro atoms. The van der Waals surface area contributed by atoms with Crippen LogP contribution in [-0.2, 0) is 0 Å². The fourth-order valence-electron chi connectivity index (χ4n) is 2.85. The minimum absolute atomic E-state index is 0.355. The minimum atomic E-state index is -0.424. The summed E-state index contributed by atoms with van der Waals surface area (Å²) in [6.45, 7) is 2.90. The highest BCUT2D eigenvalue weighted by molar-refractivity contribution is 5.78. The molecule has 3 rings (SSSR count). The number of fused-ring (bicyclic) bond motifs is 1. The summed E-state index contributed by atoms with van der Waals surface area (Å²) in [5, 5.41) is 17.1. The molecular weight excluding hydrogens is 356 g/mol. The fourth-order valence-corrected chi connectivity index (χ4v) is 2.85. The monoisotopic (exact) mass is 380 g/mol. The zero-order valence-electron chi connectivity index (χ0n) is 16.0. The second kappa shape index (κ2) is 9.69. The summed E-state index contributed by atoms with van der Waals surface area (Å²) in [7, 11) is 0. The Hall–Kier alpha value is -3.15.